The summed E-state index contributed by atoms with van der Waals surface area (Å²) in [4.78, 5) is 4.44. The Labute approximate surface area is 94.7 Å². The molecule has 0 spiro atoms. The zero-order chi connectivity index (χ0) is 10.8. The summed E-state index contributed by atoms with van der Waals surface area (Å²) in [6.07, 6.45) is 2.28. The maximum absolute atomic E-state index is 6.20. The van der Waals surface area contributed by atoms with Crippen LogP contribution in [0, 0.1) is 12.8 Å². The Bertz CT molecular complexity index is 326. The average Bonchev–Trinajstić information content (AvgIpc) is 2.75. The van der Waals surface area contributed by atoms with E-state index in [1.165, 1.54) is 0 Å². The van der Waals surface area contributed by atoms with Crippen molar-refractivity contribution < 1.29 is 4.74 Å². The van der Waals surface area contributed by atoms with Gasteiger partial charge in [-0.25, -0.2) is 4.98 Å². The van der Waals surface area contributed by atoms with Gasteiger partial charge in [0, 0.05) is 36.1 Å². The predicted molar refractivity (Wildman–Crippen MR) is 62.1 cm³/mol. The number of aryl methyl sites for hydroxylation is 1. The summed E-state index contributed by atoms with van der Waals surface area (Å²) >= 11 is 1.71. The lowest BCUT2D eigenvalue weighted by molar-refractivity contribution is 0.0995. The Morgan fingerprint density at radius 2 is 2.53 bits per heavy atom. The maximum Gasteiger partial charge on any atom is 0.0943 e. The van der Waals surface area contributed by atoms with Crippen LogP contribution in [0.1, 0.15) is 24.0 Å². The van der Waals surface area contributed by atoms with Crippen LogP contribution in [0.4, 0.5) is 0 Å². The third-order valence-electron chi connectivity index (χ3n) is 3.06. The van der Waals surface area contributed by atoms with Crippen molar-refractivity contribution in [3.8, 4) is 0 Å². The Hall–Kier alpha value is -0.450. The summed E-state index contributed by atoms with van der Waals surface area (Å²) in [6, 6.07) is 0.188. The van der Waals surface area contributed by atoms with Gasteiger partial charge in [0.15, 0.2) is 0 Å². The molecular weight excluding hydrogens is 208 g/mol. The molecule has 3 unspecified atom stereocenters. The van der Waals surface area contributed by atoms with Crippen LogP contribution in [0.2, 0.25) is 0 Å². The Balaban J connectivity index is 1.94. The molecule has 0 amide bonds. The van der Waals surface area contributed by atoms with Crippen LogP contribution >= 0.6 is 11.3 Å². The first-order chi connectivity index (χ1) is 7.16. The molecule has 3 nitrogen and oxygen atoms in total. The number of nitrogens with zero attached hydrogens (tertiary/aromatic N) is 1. The minimum absolute atomic E-state index is 0.188. The fourth-order valence-electron chi connectivity index (χ4n) is 2.16. The van der Waals surface area contributed by atoms with Crippen molar-refractivity contribution in [3.05, 3.63) is 16.1 Å². The number of ether oxygens (including phenoxy) is 1. The van der Waals surface area contributed by atoms with Crippen LogP contribution in [-0.4, -0.2) is 23.7 Å². The molecule has 1 aliphatic rings. The highest BCUT2D eigenvalue weighted by Crippen LogP contribution is 2.25. The highest BCUT2D eigenvalue weighted by Gasteiger charge is 2.30. The zero-order valence-corrected chi connectivity index (χ0v) is 10.1. The molecule has 0 radical (unpaired) electrons. The molecule has 1 aliphatic heterocycles. The van der Waals surface area contributed by atoms with Gasteiger partial charge in [-0.15, -0.1) is 11.3 Å². The molecule has 1 aromatic rings. The van der Waals surface area contributed by atoms with E-state index in [1.807, 2.05) is 6.92 Å². The van der Waals surface area contributed by atoms with Gasteiger partial charge < -0.3 is 10.5 Å². The minimum Gasteiger partial charge on any atom is -0.378 e. The number of hydrogen-bond donors (Lipinski definition) is 1. The van der Waals surface area contributed by atoms with E-state index >= 15 is 0 Å². The molecule has 2 N–H and O–H groups in total. The van der Waals surface area contributed by atoms with E-state index in [-0.39, 0.29) is 6.04 Å². The Morgan fingerprint density at radius 3 is 3.07 bits per heavy atom. The SMILES string of the molecule is Cc1csc(CC(N)C2CCOC2C)n1. The third-order valence-corrected chi connectivity index (χ3v) is 4.05. The molecule has 1 saturated heterocycles. The molecule has 3 atom stereocenters. The standard InChI is InChI=1S/C11H18N2OS/c1-7-6-15-11(13-7)5-10(12)9-3-4-14-8(9)2/h6,8-10H,3-5,12H2,1-2H3. The van der Waals surface area contributed by atoms with E-state index in [4.69, 9.17) is 10.5 Å². The van der Waals surface area contributed by atoms with Crippen molar-refractivity contribution in [1.29, 1.82) is 0 Å². The molecule has 0 aromatic carbocycles. The number of aromatic nitrogens is 1. The van der Waals surface area contributed by atoms with E-state index in [9.17, 15) is 0 Å². The number of nitrogens with two attached hydrogens (primary N) is 1. The van der Waals surface area contributed by atoms with Crippen molar-refractivity contribution in [2.45, 2.75) is 38.8 Å². The van der Waals surface area contributed by atoms with Crippen molar-refractivity contribution >= 4 is 11.3 Å². The van der Waals surface area contributed by atoms with E-state index in [0.29, 0.717) is 12.0 Å². The van der Waals surface area contributed by atoms with Gasteiger partial charge in [-0.1, -0.05) is 0 Å². The summed E-state index contributed by atoms with van der Waals surface area (Å²) < 4.78 is 5.53. The van der Waals surface area contributed by atoms with E-state index in [0.717, 1.165) is 30.2 Å². The summed E-state index contributed by atoms with van der Waals surface area (Å²) in [5.41, 5.74) is 7.29. The van der Waals surface area contributed by atoms with Crippen molar-refractivity contribution in [2.75, 3.05) is 6.61 Å². The van der Waals surface area contributed by atoms with Gasteiger partial charge in [0.05, 0.1) is 11.1 Å². The lowest BCUT2D eigenvalue weighted by atomic mass is 9.92. The molecule has 0 aliphatic carbocycles. The molecule has 1 fully saturated rings. The maximum atomic E-state index is 6.20. The molecule has 84 valence electrons. The molecule has 0 bridgehead atoms. The molecule has 1 aromatic heterocycles. The zero-order valence-electron chi connectivity index (χ0n) is 9.27. The summed E-state index contributed by atoms with van der Waals surface area (Å²) in [5.74, 6) is 0.495. The van der Waals surface area contributed by atoms with Crippen molar-refractivity contribution in [3.63, 3.8) is 0 Å². The van der Waals surface area contributed by atoms with Gasteiger partial charge in [-0.05, 0) is 20.3 Å². The van der Waals surface area contributed by atoms with Crippen LogP contribution in [0.15, 0.2) is 5.38 Å². The second-order valence-corrected chi connectivity index (χ2v) is 5.22. The van der Waals surface area contributed by atoms with Crippen LogP contribution < -0.4 is 5.73 Å². The van der Waals surface area contributed by atoms with Crippen molar-refractivity contribution in [1.82, 2.24) is 4.98 Å². The number of rotatable bonds is 3. The van der Waals surface area contributed by atoms with Crippen LogP contribution in [0.5, 0.6) is 0 Å². The summed E-state index contributed by atoms with van der Waals surface area (Å²) in [6.45, 7) is 4.99. The lowest BCUT2D eigenvalue weighted by Crippen LogP contribution is -2.36. The summed E-state index contributed by atoms with van der Waals surface area (Å²) in [7, 11) is 0. The normalized spacial score (nSPS) is 28.2. The molecular formula is C11H18N2OS. The predicted octanol–water partition coefficient (Wildman–Crippen LogP) is 1.75. The van der Waals surface area contributed by atoms with Gasteiger partial charge >= 0.3 is 0 Å². The first-order valence-corrected chi connectivity index (χ1v) is 6.33. The van der Waals surface area contributed by atoms with E-state index in [2.05, 4.69) is 17.3 Å². The largest absolute Gasteiger partial charge is 0.378 e. The highest BCUT2D eigenvalue weighted by atomic mass is 32.1. The smallest absolute Gasteiger partial charge is 0.0943 e. The first-order valence-electron chi connectivity index (χ1n) is 5.45. The monoisotopic (exact) mass is 226 g/mol. The second-order valence-electron chi connectivity index (χ2n) is 4.28. The van der Waals surface area contributed by atoms with Gasteiger partial charge in [0.25, 0.3) is 0 Å². The number of hydrogen-bond acceptors (Lipinski definition) is 4. The quantitative estimate of drug-likeness (QED) is 0.854. The third kappa shape index (κ3) is 2.56. The van der Waals surface area contributed by atoms with Crippen LogP contribution in [-0.2, 0) is 11.2 Å². The summed E-state index contributed by atoms with van der Waals surface area (Å²) in [5, 5.41) is 3.23. The average molecular weight is 226 g/mol. The molecule has 2 heterocycles. The second kappa shape index (κ2) is 4.60. The van der Waals surface area contributed by atoms with Gasteiger partial charge in [-0.2, -0.15) is 0 Å². The van der Waals surface area contributed by atoms with Crippen molar-refractivity contribution in [2.24, 2.45) is 11.7 Å². The van der Waals surface area contributed by atoms with E-state index < -0.39 is 0 Å². The van der Waals surface area contributed by atoms with Gasteiger partial charge in [0.2, 0.25) is 0 Å². The van der Waals surface area contributed by atoms with Crippen LogP contribution in [0.25, 0.3) is 0 Å². The van der Waals surface area contributed by atoms with Crippen LogP contribution in [0.3, 0.4) is 0 Å². The Morgan fingerprint density at radius 1 is 1.73 bits per heavy atom. The number of thiazole rings is 1. The first kappa shape index (κ1) is 11.0. The van der Waals surface area contributed by atoms with E-state index in [1.54, 1.807) is 11.3 Å². The van der Waals surface area contributed by atoms with Gasteiger partial charge in [-0.3, -0.25) is 0 Å². The molecule has 4 heteroatoms. The Kier molecular flexibility index (Phi) is 3.38. The minimum atomic E-state index is 0.188. The molecule has 0 saturated carbocycles. The highest BCUT2D eigenvalue weighted by molar-refractivity contribution is 7.09. The molecule has 2 rings (SSSR count). The molecule has 15 heavy (non-hydrogen) atoms. The fourth-order valence-corrected chi connectivity index (χ4v) is 3.00. The van der Waals surface area contributed by atoms with Gasteiger partial charge in [0.1, 0.15) is 0 Å². The fraction of sp³-hybridized carbons (Fsp3) is 0.727. The topological polar surface area (TPSA) is 48.1 Å². The lowest BCUT2D eigenvalue weighted by Gasteiger charge is -2.20.